The Morgan fingerprint density at radius 1 is 1.00 bits per heavy atom. The fourth-order valence-corrected chi connectivity index (χ4v) is 4.79. The maximum Gasteiger partial charge on any atom is 0.123 e. The van der Waals surface area contributed by atoms with E-state index in [2.05, 4.69) is 51.0 Å². The van der Waals surface area contributed by atoms with Gasteiger partial charge in [-0.1, -0.05) is 30.3 Å². The largest absolute Gasteiger partial charge is 0.374 e. The third kappa shape index (κ3) is 2.41. The molecular formula is C19H23N3O. The van der Waals surface area contributed by atoms with Gasteiger partial charge in [0.2, 0.25) is 0 Å². The van der Waals surface area contributed by atoms with Crippen LogP contribution in [0.15, 0.2) is 42.7 Å². The van der Waals surface area contributed by atoms with E-state index in [4.69, 9.17) is 4.74 Å². The lowest BCUT2D eigenvalue weighted by Crippen LogP contribution is -2.26. The second kappa shape index (κ2) is 5.46. The van der Waals surface area contributed by atoms with Crippen molar-refractivity contribution in [1.29, 1.82) is 0 Å². The second-order valence-corrected chi connectivity index (χ2v) is 7.27. The number of likely N-dealkylation sites (tertiary alicyclic amines) is 1. The molecule has 120 valence electrons. The average molecular weight is 309 g/mol. The lowest BCUT2D eigenvalue weighted by atomic mass is 9.82. The summed E-state index contributed by atoms with van der Waals surface area (Å²) in [6.45, 7) is 4.24. The summed E-state index contributed by atoms with van der Waals surface area (Å²) in [5.41, 5.74) is 1.33. The zero-order valence-electron chi connectivity index (χ0n) is 13.3. The molecule has 3 aliphatic rings. The van der Waals surface area contributed by atoms with E-state index >= 15 is 0 Å². The van der Waals surface area contributed by atoms with Gasteiger partial charge in [0.15, 0.2) is 0 Å². The van der Waals surface area contributed by atoms with Crippen LogP contribution in [-0.2, 0) is 17.8 Å². The van der Waals surface area contributed by atoms with Crippen LogP contribution in [0.5, 0.6) is 0 Å². The zero-order chi connectivity index (χ0) is 15.2. The molecule has 2 aromatic rings. The zero-order valence-corrected chi connectivity index (χ0v) is 13.3. The molecule has 4 atom stereocenters. The van der Waals surface area contributed by atoms with E-state index in [9.17, 15) is 0 Å². The quantitative estimate of drug-likeness (QED) is 0.869. The molecule has 3 saturated heterocycles. The number of ether oxygens (including phenoxy) is 1. The normalized spacial score (nSPS) is 32.5. The van der Waals surface area contributed by atoms with E-state index in [-0.39, 0.29) is 0 Å². The molecule has 2 bridgehead atoms. The summed E-state index contributed by atoms with van der Waals surface area (Å²) in [4.78, 5) is 7.20. The molecule has 0 aliphatic carbocycles. The first-order valence-electron chi connectivity index (χ1n) is 8.78. The highest BCUT2D eigenvalue weighted by Gasteiger charge is 2.52. The van der Waals surface area contributed by atoms with Crippen LogP contribution in [0.4, 0.5) is 0 Å². The molecule has 0 amide bonds. The number of rotatable bonds is 4. The average Bonchev–Trinajstić information content (AvgIpc) is 3.31. The first-order chi connectivity index (χ1) is 11.4. The van der Waals surface area contributed by atoms with Gasteiger partial charge in [-0.15, -0.1) is 0 Å². The van der Waals surface area contributed by atoms with Gasteiger partial charge in [-0.3, -0.25) is 4.90 Å². The molecule has 0 spiro atoms. The van der Waals surface area contributed by atoms with Gasteiger partial charge in [-0.25, -0.2) is 4.98 Å². The van der Waals surface area contributed by atoms with Crippen LogP contribution in [0.2, 0.25) is 0 Å². The number of fused-ring (bicyclic) bond motifs is 5. The lowest BCUT2D eigenvalue weighted by Gasteiger charge is -2.18. The van der Waals surface area contributed by atoms with Gasteiger partial charge in [0.05, 0.1) is 18.8 Å². The van der Waals surface area contributed by atoms with E-state index in [1.807, 2.05) is 6.20 Å². The molecule has 4 nitrogen and oxygen atoms in total. The number of imidazole rings is 1. The standard InChI is InChI=1S/C19H23N3O/c1-2-4-14(5-3-1)10-22-9-8-20-19(22)13-21-11-15-16(12-21)18-7-6-17(15)23-18/h1-5,8-9,15-18H,6-7,10-13H2/t15-,16-,17-,18+/m1/s1. The highest BCUT2D eigenvalue weighted by atomic mass is 16.5. The summed E-state index contributed by atoms with van der Waals surface area (Å²) in [6.07, 6.45) is 7.68. The Bertz CT molecular complexity index is 665. The van der Waals surface area contributed by atoms with Crippen LogP contribution in [0, 0.1) is 11.8 Å². The number of benzene rings is 1. The van der Waals surface area contributed by atoms with Crippen LogP contribution < -0.4 is 0 Å². The molecule has 3 aliphatic heterocycles. The Hall–Kier alpha value is -1.65. The maximum absolute atomic E-state index is 6.08. The van der Waals surface area contributed by atoms with Gasteiger partial charge in [-0.05, 0) is 18.4 Å². The minimum Gasteiger partial charge on any atom is -0.374 e. The minimum absolute atomic E-state index is 0.541. The highest BCUT2D eigenvalue weighted by Crippen LogP contribution is 2.47. The molecule has 0 saturated carbocycles. The summed E-state index contributed by atoms with van der Waals surface area (Å²) in [5, 5.41) is 0. The fourth-order valence-electron chi connectivity index (χ4n) is 4.79. The summed E-state index contributed by atoms with van der Waals surface area (Å²) in [7, 11) is 0. The van der Waals surface area contributed by atoms with Crippen molar-refractivity contribution in [3.8, 4) is 0 Å². The molecule has 0 radical (unpaired) electrons. The summed E-state index contributed by atoms with van der Waals surface area (Å²) in [5.74, 6) is 2.72. The van der Waals surface area contributed by atoms with Crippen molar-refractivity contribution in [3.63, 3.8) is 0 Å². The molecule has 0 unspecified atom stereocenters. The topological polar surface area (TPSA) is 30.3 Å². The van der Waals surface area contributed by atoms with Crippen LogP contribution in [0.1, 0.15) is 24.2 Å². The summed E-state index contributed by atoms with van der Waals surface area (Å²) < 4.78 is 8.36. The van der Waals surface area contributed by atoms with Gasteiger partial charge in [0.25, 0.3) is 0 Å². The number of hydrogen-bond donors (Lipinski definition) is 0. The van der Waals surface area contributed by atoms with Crippen molar-refractivity contribution in [2.45, 2.75) is 38.1 Å². The summed E-state index contributed by atoms with van der Waals surface area (Å²) in [6, 6.07) is 10.6. The molecular weight excluding hydrogens is 286 g/mol. The van der Waals surface area contributed by atoms with E-state index in [1.54, 1.807) is 0 Å². The van der Waals surface area contributed by atoms with Gasteiger partial charge >= 0.3 is 0 Å². The van der Waals surface area contributed by atoms with Gasteiger partial charge < -0.3 is 9.30 Å². The lowest BCUT2D eigenvalue weighted by molar-refractivity contribution is 0.0692. The van der Waals surface area contributed by atoms with Crippen molar-refractivity contribution >= 4 is 0 Å². The van der Waals surface area contributed by atoms with Gasteiger partial charge in [0.1, 0.15) is 5.82 Å². The van der Waals surface area contributed by atoms with E-state index < -0.39 is 0 Å². The Kier molecular flexibility index (Phi) is 3.27. The minimum atomic E-state index is 0.541. The maximum atomic E-state index is 6.08. The molecule has 4 heterocycles. The third-order valence-electron chi connectivity index (χ3n) is 5.89. The van der Waals surface area contributed by atoms with E-state index in [0.29, 0.717) is 12.2 Å². The summed E-state index contributed by atoms with van der Waals surface area (Å²) >= 11 is 0. The Morgan fingerprint density at radius 2 is 1.74 bits per heavy atom. The Morgan fingerprint density at radius 3 is 2.48 bits per heavy atom. The monoisotopic (exact) mass is 309 g/mol. The Labute approximate surface area is 137 Å². The Balaban J connectivity index is 1.28. The van der Waals surface area contributed by atoms with Crippen LogP contribution in [0.3, 0.4) is 0 Å². The molecule has 1 aromatic heterocycles. The van der Waals surface area contributed by atoms with E-state index in [1.165, 1.54) is 37.3 Å². The number of hydrogen-bond acceptors (Lipinski definition) is 3. The van der Waals surface area contributed by atoms with Crippen LogP contribution >= 0.6 is 0 Å². The molecule has 5 rings (SSSR count). The molecule has 1 aromatic carbocycles. The SMILES string of the molecule is c1ccc(Cn2ccnc2CN2C[C@@H]3[C@@H](C2)[C@H]2CC[C@@H]3O2)cc1. The number of aromatic nitrogens is 2. The van der Waals surface area contributed by atoms with Crippen molar-refractivity contribution in [3.05, 3.63) is 54.1 Å². The van der Waals surface area contributed by atoms with Crippen molar-refractivity contribution in [2.24, 2.45) is 11.8 Å². The molecule has 23 heavy (non-hydrogen) atoms. The smallest absolute Gasteiger partial charge is 0.123 e. The van der Waals surface area contributed by atoms with E-state index in [0.717, 1.165) is 24.9 Å². The third-order valence-corrected chi connectivity index (χ3v) is 5.89. The molecule has 0 N–H and O–H groups in total. The first kappa shape index (κ1) is 13.8. The van der Waals surface area contributed by atoms with Crippen molar-refractivity contribution in [2.75, 3.05) is 13.1 Å². The second-order valence-electron chi connectivity index (χ2n) is 7.27. The highest BCUT2D eigenvalue weighted by molar-refractivity contribution is 5.16. The van der Waals surface area contributed by atoms with Crippen LogP contribution in [-0.4, -0.2) is 39.7 Å². The molecule has 3 fully saturated rings. The fraction of sp³-hybridized carbons (Fsp3) is 0.526. The van der Waals surface area contributed by atoms with Crippen LogP contribution in [0.25, 0.3) is 0 Å². The first-order valence-corrected chi connectivity index (χ1v) is 8.78. The molecule has 4 heteroatoms. The van der Waals surface area contributed by atoms with Crippen molar-refractivity contribution in [1.82, 2.24) is 14.5 Å². The predicted molar refractivity (Wildman–Crippen MR) is 87.9 cm³/mol. The predicted octanol–water partition coefficient (Wildman–Crippen LogP) is 2.54. The van der Waals surface area contributed by atoms with Gasteiger partial charge in [-0.2, -0.15) is 0 Å². The van der Waals surface area contributed by atoms with Gasteiger partial charge in [0, 0.05) is 43.9 Å². The number of nitrogens with zero attached hydrogens (tertiary/aromatic N) is 3. The van der Waals surface area contributed by atoms with Crippen molar-refractivity contribution < 1.29 is 4.74 Å².